The molecule has 0 bridgehead atoms. The van der Waals surface area contributed by atoms with Crippen molar-refractivity contribution in [1.82, 2.24) is 20.1 Å². The molecule has 0 radical (unpaired) electrons. The number of nitrogens with zero attached hydrogens (tertiary/aromatic N) is 3. The Hall–Kier alpha value is -3.46. The molecule has 9 heteroatoms. The van der Waals surface area contributed by atoms with E-state index in [2.05, 4.69) is 27.9 Å². The van der Waals surface area contributed by atoms with Gasteiger partial charge in [0.25, 0.3) is 5.91 Å². The van der Waals surface area contributed by atoms with Crippen molar-refractivity contribution >= 4 is 28.6 Å². The van der Waals surface area contributed by atoms with Crippen LogP contribution in [0.4, 0.5) is 5.82 Å². The van der Waals surface area contributed by atoms with E-state index in [4.69, 9.17) is 9.72 Å². The van der Waals surface area contributed by atoms with E-state index in [1.165, 1.54) is 12.0 Å². The molecule has 0 saturated heterocycles. The number of carbonyl (C=O) groups excluding carboxylic acids is 1. The Bertz CT molecular complexity index is 1250. The summed E-state index contributed by atoms with van der Waals surface area (Å²) in [5, 5.41) is 20.5. The summed E-state index contributed by atoms with van der Waals surface area (Å²) in [6, 6.07) is 8.65. The summed E-state index contributed by atoms with van der Waals surface area (Å²) in [5.41, 5.74) is 3.68. The number of carboxylic acids is 1. The normalized spacial score (nSPS) is 19.7. The fourth-order valence-electron chi connectivity index (χ4n) is 5.13. The third kappa shape index (κ3) is 5.36. The van der Waals surface area contributed by atoms with Crippen molar-refractivity contribution in [1.29, 1.82) is 0 Å². The minimum absolute atomic E-state index is 0.155. The quantitative estimate of drug-likeness (QED) is 0.398. The molecule has 3 N–H and O–H groups in total. The van der Waals surface area contributed by atoms with Crippen LogP contribution >= 0.6 is 0 Å². The highest BCUT2D eigenvalue weighted by atomic mass is 16.5. The number of pyridine rings is 1. The molecule has 1 aliphatic carbocycles. The molecule has 1 aliphatic heterocycles. The second-order valence-corrected chi connectivity index (χ2v) is 9.87. The number of nitrogens with one attached hydrogen (secondary N) is 2. The van der Waals surface area contributed by atoms with Gasteiger partial charge in [-0.3, -0.25) is 9.48 Å². The summed E-state index contributed by atoms with van der Waals surface area (Å²) in [6.45, 7) is 1.29. The number of carboxylic acid groups (broad SMARTS) is 1. The lowest BCUT2D eigenvalue weighted by atomic mass is 9.79. The van der Waals surface area contributed by atoms with Crippen LogP contribution in [0.3, 0.4) is 0 Å². The molecule has 36 heavy (non-hydrogen) atoms. The van der Waals surface area contributed by atoms with Crippen LogP contribution in [0.2, 0.25) is 0 Å². The summed E-state index contributed by atoms with van der Waals surface area (Å²) in [5.74, 6) is 0.168. The molecule has 2 aliphatic rings. The summed E-state index contributed by atoms with van der Waals surface area (Å²) < 4.78 is 7.60. The van der Waals surface area contributed by atoms with Crippen LogP contribution in [0.1, 0.15) is 53.7 Å². The lowest BCUT2D eigenvalue weighted by Gasteiger charge is -2.35. The number of anilines is 1. The first-order valence-corrected chi connectivity index (χ1v) is 12.8. The molecular formula is C27H33N5O4. The number of aryl methyl sites for hydroxylation is 3. The number of benzene rings is 1. The number of hydrogen-bond acceptors (Lipinski definition) is 6. The SMILES string of the molecule is Cn1ncc2c(C(=O)NC(CCO[C@H]3C[C@H](CCc4ccc5c(n4)NCCC5)C3)C(=O)O)cccc21. The number of ether oxygens (including phenoxy) is 1. The van der Waals surface area contributed by atoms with Gasteiger partial charge in [0, 0.05) is 37.7 Å². The Morgan fingerprint density at radius 2 is 2.14 bits per heavy atom. The van der Waals surface area contributed by atoms with Crippen LogP contribution in [-0.4, -0.2) is 57.0 Å². The van der Waals surface area contributed by atoms with Crippen LogP contribution in [0, 0.1) is 5.92 Å². The van der Waals surface area contributed by atoms with Gasteiger partial charge >= 0.3 is 5.97 Å². The Balaban J connectivity index is 1.04. The van der Waals surface area contributed by atoms with Crippen molar-refractivity contribution in [3.8, 4) is 0 Å². The minimum atomic E-state index is -1.07. The second-order valence-electron chi connectivity index (χ2n) is 9.87. The Morgan fingerprint density at radius 1 is 1.28 bits per heavy atom. The molecule has 3 aromatic rings. The largest absolute Gasteiger partial charge is 0.480 e. The number of hydrogen-bond donors (Lipinski definition) is 3. The standard InChI is InChI=1S/C27H33N5O4/c1-32-24-6-2-5-21(22(24)16-29-32)26(33)31-23(27(34)35)11-13-36-20-14-17(15-20)7-9-19-10-8-18-4-3-12-28-25(18)30-19/h2,5-6,8,10,16-17,20,23H,3-4,7,9,11-15H2,1H3,(H,28,30)(H,31,33)(H,34,35)/t17-,20-,23?. The van der Waals surface area contributed by atoms with Crippen LogP contribution < -0.4 is 10.6 Å². The zero-order valence-electron chi connectivity index (χ0n) is 20.6. The van der Waals surface area contributed by atoms with E-state index in [0.717, 1.165) is 55.7 Å². The highest BCUT2D eigenvalue weighted by molar-refractivity contribution is 6.07. The molecule has 9 nitrogen and oxygen atoms in total. The summed E-state index contributed by atoms with van der Waals surface area (Å²) >= 11 is 0. The number of fused-ring (bicyclic) bond motifs is 2. The molecule has 5 rings (SSSR count). The Labute approximate surface area is 210 Å². The highest BCUT2D eigenvalue weighted by Crippen LogP contribution is 2.34. The van der Waals surface area contributed by atoms with E-state index in [0.29, 0.717) is 23.5 Å². The number of amides is 1. The Kier molecular flexibility index (Phi) is 7.18. The van der Waals surface area contributed by atoms with Gasteiger partial charge in [-0.1, -0.05) is 12.1 Å². The van der Waals surface area contributed by atoms with Crippen molar-refractivity contribution in [2.45, 2.75) is 57.1 Å². The maximum atomic E-state index is 12.8. The lowest BCUT2D eigenvalue weighted by molar-refractivity contribution is -0.140. The molecule has 1 fully saturated rings. The third-order valence-electron chi connectivity index (χ3n) is 7.35. The van der Waals surface area contributed by atoms with E-state index in [-0.39, 0.29) is 12.5 Å². The van der Waals surface area contributed by atoms with Gasteiger partial charge in [0.1, 0.15) is 11.9 Å². The first-order valence-electron chi connectivity index (χ1n) is 12.8. The second kappa shape index (κ2) is 10.7. The maximum Gasteiger partial charge on any atom is 0.326 e. The average molecular weight is 492 g/mol. The summed E-state index contributed by atoms with van der Waals surface area (Å²) in [7, 11) is 1.80. The fourth-order valence-corrected chi connectivity index (χ4v) is 5.13. The van der Waals surface area contributed by atoms with Gasteiger partial charge in [-0.25, -0.2) is 9.78 Å². The molecule has 3 heterocycles. The average Bonchev–Trinajstić information content (AvgIpc) is 3.24. The molecule has 1 atom stereocenters. The molecule has 1 aromatic carbocycles. The van der Waals surface area contributed by atoms with Gasteiger partial charge in [0.05, 0.1) is 23.4 Å². The predicted octanol–water partition coefficient (Wildman–Crippen LogP) is 3.33. The summed E-state index contributed by atoms with van der Waals surface area (Å²) in [4.78, 5) is 29.3. The third-order valence-corrected chi connectivity index (χ3v) is 7.35. The number of rotatable bonds is 10. The van der Waals surface area contributed by atoms with Gasteiger partial charge < -0.3 is 20.5 Å². The van der Waals surface area contributed by atoms with Crippen LogP contribution in [-0.2, 0) is 29.4 Å². The monoisotopic (exact) mass is 491 g/mol. The van der Waals surface area contributed by atoms with Crippen molar-refractivity contribution in [3.63, 3.8) is 0 Å². The molecule has 0 spiro atoms. The molecule has 1 saturated carbocycles. The first kappa shape index (κ1) is 24.2. The molecule has 1 amide bonds. The van der Waals surface area contributed by atoms with Crippen molar-refractivity contribution in [2.24, 2.45) is 13.0 Å². The molecule has 2 aromatic heterocycles. The summed E-state index contributed by atoms with van der Waals surface area (Å²) in [6.07, 6.45) is 8.27. The smallest absolute Gasteiger partial charge is 0.326 e. The Morgan fingerprint density at radius 3 is 2.97 bits per heavy atom. The van der Waals surface area contributed by atoms with Gasteiger partial charge in [0.15, 0.2) is 0 Å². The maximum absolute atomic E-state index is 12.8. The van der Waals surface area contributed by atoms with E-state index >= 15 is 0 Å². The van der Waals surface area contributed by atoms with Crippen LogP contribution in [0.5, 0.6) is 0 Å². The molecular weight excluding hydrogens is 458 g/mol. The van der Waals surface area contributed by atoms with Crippen molar-refractivity contribution in [3.05, 3.63) is 53.3 Å². The minimum Gasteiger partial charge on any atom is -0.480 e. The van der Waals surface area contributed by atoms with E-state index in [9.17, 15) is 14.7 Å². The topological polar surface area (TPSA) is 118 Å². The number of aromatic nitrogens is 3. The first-order chi connectivity index (χ1) is 17.5. The van der Waals surface area contributed by atoms with E-state index in [1.54, 1.807) is 30.1 Å². The fraction of sp³-hybridized carbons (Fsp3) is 0.481. The van der Waals surface area contributed by atoms with Crippen molar-refractivity contribution < 1.29 is 19.4 Å². The number of aliphatic carboxylic acids is 1. The number of carbonyl (C=O) groups is 2. The highest BCUT2D eigenvalue weighted by Gasteiger charge is 2.30. The van der Waals surface area contributed by atoms with Gasteiger partial charge in [-0.05, 0) is 68.2 Å². The predicted molar refractivity (Wildman–Crippen MR) is 136 cm³/mol. The van der Waals surface area contributed by atoms with Crippen molar-refractivity contribution in [2.75, 3.05) is 18.5 Å². The zero-order chi connectivity index (χ0) is 25.1. The van der Waals surface area contributed by atoms with E-state index in [1.807, 2.05) is 6.07 Å². The molecule has 1 unspecified atom stereocenters. The van der Waals surface area contributed by atoms with Crippen LogP contribution in [0.25, 0.3) is 10.9 Å². The van der Waals surface area contributed by atoms with Gasteiger partial charge in [-0.2, -0.15) is 5.10 Å². The zero-order valence-corrected chi connectivity index (χ0v) is 20.6. The van der Waals surface area contributed by atoms with E-state index < -0.39 is 17.9 Å². The van der Waals surface area contributed by atoms with Gasteiger partial charge in [-0.15, -0.1) is 0 Å². The lowest BCUT2D eigenvalue weighted by Crippen LogP contribution is -2.42. The van der Waals surface area contributed by atoms with Gasteiger partial charge in [0.2, 0.25) is 0 Å². The molecule has 190 valence electrons. The van der Waals surface area contributed by atoms with Crippen LogP contribution in [0.15, 0.2) is 36.5 Å².